The number of hydrazine groups is 1. The normalized spacial score (nSPS) is 13.7. The summed E-state index contributed by atoms with van der Waals surface area (Å²) >= 11 is 0. The van der Waals surface area contributed by atoms with Crippen LogP contribution in [0.5, 0.6) is 11.5 Å². The maximum absolute atomic E-state index is 12.6. The molecule has 0 aromatic heterocycles. The van der Waals surface area contributed by atoms with Gasteiger partial charge < -0.3 is 14.6 Å². The second-order valence-corrected chi connectivity index (χ2v) is 7.22. The average Bonchev–Trinajstić information content (AvgIpc) is 3.25. The van der Waals surface area contributed by atoms with E-state index in [9.17, 15) is 9.59 Å². The Balaban J connectivity index is 1.59. The van der Waals surface area contributed by atoms with Gasteiger partial charge in [-0.2, -0.15) is 0 Å². The molecule has 1 aliphatic rings. The Labute approximate surface area is 175 Å². The van der Waals surface area contributed by atoms with Crippen molar-refractivity contribution in [3.63, 3.8) is 0 Å². The number of methoxy groups -OCH3 is 1. The summed E-state index contributed by atoms with van der Waals surface area (Å²) in [6.45, 7) is 0.436. The summed E-state index contributed by atoms with van der Waals surface area (Å²) in [6, 6.07) is 12.0. The van der Waals surface area contributed by atoms with E-state index < -0.39 is 6.09 Å². The van der Waals surface area contributed by atoms with Gasteiger partial charge >= 0.3 is 6.09 Å². The van der Waals surface area contributed by atoms with Gasteiger partial charge in [0.05, 0.1) is 13.2 Å². The van der Waals surface area contributed by atoms with Crippen molar-refractivity contribution in [1.82, 2.24) is 10.4 Å². The van der Waals surface area contributed by atoms with Gasteiger partial charge in [0.2, 0.25) is 0 Å². The van der Waals surface area contributed by atoms with Crippen LogP contribution in [0.15, 0.2) is 42.5 Å². The van der Waals surface area contributed by atoms with E-state index in [1.54, 1.807) is 38.4 Å². The van der Waals surface area contributed by atoms with Gasteiger partial charge in [-0.3, -0.25) is 15.1 Å². The predicted molar refractivity (Wildman–Crippen MR) is 113 cm³/mol. The molecule has 3 rings (SSSR count). The Morgan fingerprint density at radius 2 is 1.80 bits per heavy atom. The van der Waals surface area contributed by atoms with Gasteiger partial charge in [0, 0.05) is 24.8 Å². The molecular formula is C22H27N3O5. The first-order valence-corrected chi connectivity index (χ1v) is 9.91. The molecule has 30 heavy (non-hydrogen) atoms. The highest BCUT2D eigenvalue weighted by atomic mass is 16.5. The monoisotopic (exact) mass is 413 g/mol. The van der Waals surface area contributed by atoms with Crippen molar-refractivity contribution >= 4 is 17.7 Å². The summed E-state index contributed by atoms with van der Waals surface area (Å²) in [5.74, 6) is 1.19. The first-order chi connectivity index (χ1) is 14.5. The minimum absolute atomic E-state index is 0.227. The largest absolute Gasteiger partial charge is 0.493 e. The number of rotatable bonds is 8. The molecule has 1 fully saturated rings. The van der Waals surface area contributed by atoms with Gasteiger partial charge in [-0.1, -0.05) is 6.07 Å². The van der Waals surface area contributed by atoms with Crippen molar-refractivity contribution < 1.29 is 24.2 Å². The standard InChI is InChI=1S/C22H27N3O5/c1-25(21(26)16-8-10-17(11-9-16)24-22(27)28)23-14-15-7-12-19(29-2)20(13-15)30-18-5-3-4-6-18/h7-13,18,23-24H,3-6,14H2,1-2H3,(H,27,28). The van der Waals surface area contributed by atoms with Crippen LogP contribution in [0, 0.1) is 0 Å². The van der Waals surface area contributed by atoms with Crippen LogP contribution in [0.1, 0.15) is 41.6 Å². The lowest BCUT2D eigenvalue weighted by Gasteiger charge is -2.20. The molecule has 2 aromatic rings. The molecule has 0 unspecified atom stereocenters. The maximum atomic E-state index is 12.6. The molecule has 0 atom stereocenters. The summed E-state index contributed by atoms with van der Waals surface area (Å²) in [7, 11) is 3.27. The fourth-order valence-electron chi connectivity index (χ4n) is 3.40. The molecule has 8 nitrogen and oxygen atoms in total. The van der Waals surface area contributed by atoms with E-state index in [1.807, 2.05) is 18.2 Å². The molecule has 0 radical (unpaired) electrons. The summed E-state index contributed by atoms with van der Waals surface area (Å²) in [4.78, 5) is 23.2. The number of hydrogen-bond acceptors (Lipinski definition) is 5. The van der Waals surface area contributed by atoms with Crippen molar-refractivity contribution in [2.24, 2.45) is 0 Å². The Bertz CT molecular complexity index is 879. The lowest BCUT2D eigenvalue weighted by molar-refractivity contribution is 0.0712. The second kappa shape index (κ2) is 9.98. The van der Waals surface area contributed by atoms with E-state index in [-0.39, 0.29) is 12.0 Å². The van der Waals surface area contributed by atoms with Crippen LogP contribution in [-0.2, 0) is 6.54 Å². The number of carboxylic acid groups (broad SMARTS) is 1. The predicted octanol–water partition coefficient (Wildman–Crippen LogP) is 3.88. The van der Waals surface area contributed by atoms with Crippen LogP contribution < -0.4 is 20.2 Å². The fourth-order valence-corrected chi connectivity index (χ4v) is 3.40. The number of carbonyl (C=O) groups excluding carboxylic acids is 1. The van der Waals surface area contributed by atoms with Crippen LogP contribution in [-0.4, -0.2) is 42.4 Å². The van der Waals surface area contributed by atoms with Gasteiger partial charge in [-0.15, -0.1) is 0 Å². The Kier molecular flexibility index (Phi) is 7.13. The molecule has 0 aliphatic heterocycles. The molecule has 1 aliphatic carbocycles. The third-order valence-corrected chi connectivity index (χ3v) is 5.03. The first-order valence-electron chi connectivity index (χ1n) is 9.91. The molecule has 2 amide bonds. The van der Waals surface area contributed by atoms with Gasteiger partial charge in [-0.25, -0.2) is 10.2 Å². The smallest absolute Gasteiger partial charge is 0.409 e. The Morgan fingerprint density at radius 1 is 1.10 bits per heavy atom. The van der Waals surface area contributed by atoms with E-state index in [2.05, 4.69) is 10.7 Å². The highest BCUT2D eigenvalue weighted by Gasteiger charge is 2.19. The summed E-state index contributed by atoms with van der Waals surface area (Å²) in [5.41, 5.74) is 4.89. The second-order valence-electron chi connectivity index (χ2n) is 7.22. The van der Waals surface area contributed by atoms with Gasteiger partial charge in [0.25, 0.3) is 5.91 Å². The number of ether oxygens (including phenoxy) is 2. The number of anilines is 1. The Hall–Kier alpha value is -3.26. The van der Waals surface area contributed by atoms with Crippen molar-refractivity contribution in [2.45, 2.75) is 38.3 Å². The third-order valence-electron chi connectivity index (χ3n) is 5.03. The third kappa shape index (κ3) is 5.64. The van der Waals surface area contributed by atoms with Gasteiger partial charge in [0.1, 0.15) is 0 Å². The van der Waals surface area contributed by atoms with E-state index in [0.29, 0.717) is 23.5 Å². The summed E-state index contributed by atoms with van der Waals surface area (Å²) < 4.78 is 11.5. The van der Waals surface area contributed by atoms with Crippen molar-refractivity contribution in [1.29, 1.82) is 0 Å². The fraction of sp³-hybridized carbons (Fsp3) is 0.364. The van der Waals surface area contributed by atoms with Gasteiger partial charge in [-0.05, 0) is 67.6 Å². The molecule has 0 spiro atoms. The molecule has 0 saturated heterocycles. The van der Waals surface area contributed by atoms with Crippen LogP contribution in [0.3, 0.4) is 0 Å². The van der Waals surface area contributed by atoms with Crippen molar-refractivity contribution in [3.8, 4) is 11.5 Å². The summed E-state index contributed by atoms with van der Waals surface area (Å²) in [6.07, 6.45) is 3.57. The van der Waals surface area contributed by atoms with Crippen LogP contribution in [0.25, 0.3) is 0 Å². The minimum atomic E-state index is -1.15. The van der Waals surface area contributed by atoms with E-state index in [0.717, 1.165) is 24.2 Å². The zero-order valence-electron chi connectivity index (χ0n) is 17.2. The maximum Gasteiger partial charge on any atom is 0.409 e. The van der Waals surface area contributed by atoms with Gasteiger partial charge in [0.15, 0.2) is 11.5 Å². The molecule has 0 bridgehead atoms. The highest BCUT2D eigenvalue weighted by Crippen LogP contribution is 2.32. The van der Waals surface area contributed by atoms with Crippen molar-refractivity contribution in [2.75, 3.05) is 19.5 Å². The quantitative estimate of drug-likeness (QED) is 0.568. The summed E-state index contributed by atoms with van der Waals surface area (Å²) in [5, 5.41) is 12.4. The lowest BCUT2D eigenvalue weighted by atomic mass is 10.2. The number of carbonyl (C=O) groups is 2. The number of nitrogens with one attached hydrogen (secondary N) is 2. The lowest BCUT2D eigenvalue weighted by Crippen LogP contribution is -2.39. The van der Waals surface area contributed by atoms with E-state index in [4.69, 9.17) is 14.6 Å². The van der Waals surface area contributed by atoms with Crippen LogP contribution in [0.4, 0.5) is 10.5 Å². The molecule has 8 heteroatoms. The topological polar surface area (TPSA) is 100 Å². The number of hydrogen-bond donors (Lipinski definition) is 3. The minimum Gasteiger partial charge on any atom is -0.493 e. The Morgan fingerprint density at radius 3 is 2.43 bits per heavy atom. The molecular weight excluding hydrogens is 386 g/mol. The highest BCUT2D eigenvalue weighted by molar-refractivity contribution is 5.94. The number of benzene rings is 2. The molecule has 2 aromatic carbocycles. The number of amides is 2. The van der Waals surface area contributed by atoms with Crippen LogP contribution >= 0.6 is 0 Å². The SMILES string of the molecule is COc1ccc(CNN(C)C(=O)c2ccc(NC(=O)O)cc2)cc1OC1CCCC1. The molecule has 0 heterocycles. The average molecular weight is 413 g/mol. The molecule has 160 valence electrons. The van der Waals surface area contributed by atoms with E-state index >= 15 is 0 Å². The zero-order valence-corrected chi connectivity index (χ0v) is 17.2. The van der Waals surface area contributed by atoms with Crippen LogP contribution in [0.2, 0.25) is 0 Å². The first kappa shape index (κ1) is 21.4. The zero-order chi connectivity index (χ0) is 21.5. The number of nitrogens with zero attached hydrogens (tertiary/aromatic N) is 1. The molecule has 3 N–H and O–H groups in total. The van der Waals surface area contributed by atoms with Crippen molar-refractivity contribution in [3.05, 3.63) is 53.6 Å². The van der Waals surface area contributed by atoms with E-state index in [1.165, 1.54) is 17.9 Å². The molecule has 1 saturated carbocycles.